The molecule has 0 bridgehead atoms. The molecule has 1 aromatic carbocycles. The van der Waals surface area contributed by atoms with Crippen molar-refractivity contribution in [1.82, 2.24) is 5.43 Å². The molecule has 0 amide bonds. The first-order valence-corrected chi connectivity index (χ1v) is 3.22. The van der Waals surface area contributed by atoms with Crippen molar-refractivity contribution in [2.45, 2.75) is 6.54 Å². The van der Waals surface area contributed by atoms with Gasteiger partial charge in [-0.2, -0.15) is 0 Å². The first kappa shape index (κ1) is 9.02. The molecule has 1 rings (SSSR count). The minimum atomic E-state index is -1.20. The van der Waals surface area contributed by atoms with Crippen LogP contribution in [0.2, 0.25) is 0 Å². The Bertz CT molecular complexity index is 288. The van der Waals surface area contributed by atoms with Crippen molar-refractivity contribution in [3.8, 4) is 0 Å². The molecule has 1 aromatic rings. The molecule has 0 saturated carbocycles. The summed E-state index contributed by atoms with van der Waals surface area (Å²) in [6, 6.07) is 1.58. The number of hydrazine groups is 1. The van der Waals surface area contributed by atoms with Crippen molar-refractivity contribution in [2.24, 2.45) is 5.84 Å². The van der Waals surface area contributed by atoms with E-state index in [9.17, 15) is 13.2 Å². The molecule has 2 nitrogen and oxygen atoms in total. The summed E-state index contributed by atoms with van der Waals surface area (Å²) in [6.07, 6.45) is 0. The van der Waals surface area contributed by atoms with Crippen LogP contribution in [0, 0.1) is 17.5 Å². The average molecular weight is 176 g/mol. The summed E-state index contributed by atoms with van der Waals surface area (Å²) in [5.41, 5.74) is 1.66. The number of halogens is 3. The zero-order valence-corrected chi connectivity index (χ0v) is 6.07. The fraction of sp³-hybridized carbons (Fsp3) is 0.143. The minimum Gasteiger partial charge on any atom is -0.271 e. The summed E-state index contributed by atoms with van der Waals surface area (Å²) >= 11 is 0. The zero-order chi connectivity index (χ0) is 9.14. The Hall–Kier alpha value is -1.07. The van der Waals surface area contributed by atoms with E-state index >= 15 is 0 Å². The van der Waals surface area contributed by atoms with Crippen LogP contribution in [0.3, 0.4) is 0 Å². The Morgan fingerprint density at radius 3 is 2.33 bits per heavy atom. The minimum absolute atomic E-state index is 0.241. The highest BCUT2D eigenvalue weighted by molar-refractivity contribution is 5.20. The van der Waals surface area contributed by atoms with Crippen LogP contribution in [0.1, 0.15) is 5.56 Å². The summed E-state index contributed by atoms with van der Waals surface area (Å²) in [7, 11) is 0. The van der Waals surface area contributed by atoms with Gasteiger partial charge in [-0.05, 0) is 12.1 Å². The number of hydrogen-bond donors (Lipinski definition) is 2. The van der Waals surface area contributed by atoms with Crippen molar-refractivity contribution < 1.29 is 13.2 Å². The van der Waals surface area contributed by atoms with Crippen LogP contribution in [0.5, 0.6) is 0 Å². The largest absolute Gasteiger partial charge is 0.271 e. The van der Waals surface area contributed by atoms with Crippen molar-refractivity contribution in [2.75, 3.05) is 0 Å². The number of nitrogens with one attached hydrogen (secondary N) is 1. The molecule has 5 heteroatoms. The van der Waals surface area contributed by atoms with Crippen molar-refractivity contribution >= 4 is 0 Å². The lowest BCUT2D eigenvalue weighted by atomic mass is 10.2. The van der Waals surface area contributed by atoms with Crippen LogP contribution < -0.4 is 11.3 Å². The van der Waals surface area contributed by atoms with Crippen LogP contribution in [0.15, 0.2) is 12.1 Å². The van der Waals surface area contributed by atoms with E-state index in [1.165, 1.54) is 0 Å². The quantitative estimate of drug-likeness (QED) is 0.402. The molecular weight excluding hydrogens is 169 g/mol. The van der Waals surface area contributed by atoms with Gasteiger partial charge >= 0.3 is 0 Å². The molecule has 66 valence electrons. The lowest BCUT2D eigenvalue weighted by Crippen LogP contribution is -2.22. The highest BCUT2D eigenvalue weighted by Crippen LogP contribution is 2.14. The van der Waals surface area contributed by atoms with Gasteiger partial charge in [0.25, 0.3) is 0 Å². The third-order valence-corrected chi connectivity index (χ3v) is 1.42. The fourth-order valence-electron chi connectivity index (χ4n) is 0.833. The van der Waals surface area contributed by atoms with Gasteiger partial charge in [0.1, 0.15) is 5.82 Å². The van der Waals surface area contributed by atoms with Gasteiger partial charge in [0.05, 0.1) is 0 Å². The molecule has 0 aromatic heterocycles. The Morgan fingerprint density at radius 2 is 1.75 bits per heavy atom. The average Bonchev–Trinajstić information content (AvgIpc) is 2.06. The van der Waals surface area contributed by atoms with E-state index in [-0.39, 0.29) is 6.54 Å². The van der Waals surface area contributed by atoms with Gasteiger partial charge in [0.2, 0.25) is 0 Å². The van der Waals surface area contributed by atoms with Crippen LogP contribution in [-0.4, -0.2) is 0 Å². The number of nitrogens with two attached hydrogens (primary N) is 1. The van der Waals surface area contributed by atoms with Crippen LogP contribution >= 0.6 is 0 Å². The summed E-state index contributed by atoms with van der Waals surface area (Å²) in [5, 5.41) is 0. The molecule has 12 heavy (non-hydrogen) atoms. The topological polar surface area (TPSA) is 38.0 Å². The van der Waals surface area contributed by atoms with Crippen LogP contribution in [-0.2, 0) is 6.54 Å². The summed E-state index contributed by atoms with van der Waals surface area (Å²) in [6.45, 7) is -0.241. The number of benzene rings is 1. The van der Waals surface area contributed by atoms with E-state index in [0.717, 1.165) is 12.1 Å². The third-order valence-electron chi connectivity index (χ3n) is 1.42. The SMILES string of the molecule is NNCc1c(F)ccc(F)c1F. The normalized spacial score (nSPS) is 10.3. The molecular formula is C7H7F3N2. The Kier molecular flexibility index (Phi) is 2.67. The Morgan fingerprint density at radius 1 is 1.17 bits per heavy atom. The van der Waals surface area contributed by atoms with Gasteiger partial charge in [-0.15, -0.1) is 0 Å². The molecule has 0 heterocycles. The predicted octanol–water partition coefficient (Wildman–Crippen LogP) is 1.07. The van der Waals surface area contributed by atoms with E-state index in [1.54, 1.807) is 0 Å². The highest BCUT2D eigenvalue weighted by Gasteiger charge is 2.12. The summed E-state index contributed by atoms with van der Waals surface area (Å²) < 4.78 is 37.9. The number of rotatable bonds is 2. The molecule has 0 radical (unpaired) electrons. The lowest BCUT2D eigenvalue weighted by molar-refractivity contribution is 0.472. The molecule has 0 spiro atoms. The summed E-state index contributed by atoms with van der Waals surface area (Å²) in [5.74, 6) is 1.75. The molecule has 0 aliphatic heterocycles. The third kappa shape index (κ3) is 1.57. The van der Waals surface area contributed by atoms with Gasteiger partial charge in [0, 0.05) is 12.1 Å². The lowest BCUT2D eigenvalue weighted by Gasteiger charge is -2.03. The van der Waals surface area contributed by atoms with Gasteiger partial charge in [0.15, 0.2) is 11.6 Å². The predicted molar refractivity (Wildman–Crippen MR) is 37.3 cm³/mol. The van der Waals surface area contributed by atoms with Gasteiger partial charge in [-0.3, -0.25) is 11.3 Å². The number of hydrogen-bond acceptors (Lipinski definition) is 2. The second-order valence-electron chi connectivity index (χ2n) is 2.20. The van der Waals surface area contributed by atoms with Crippen molar-refractivity contribution in [3.05, 3.63) is 35.1 Å². The maximum atomic E-state index is 12.7. The monoisotopic (exact) mass is 176 g/mol. The first-order valence-electron chi connectivity index (χ1n) is 3.22. The van der Waals surface area contributed by atoms with Gasteiger partial charge < -0.3 is 0 Å². The Labute approximate surface area is 67.2 Å². The molecule has 0 fully saturated rings. The molecule has 3 N–H and O–H groups in total. The van der Waals surface area contributed by atoms with E-state index in [4.69, 9.17) is 5.84 Å². The Balaban J connectivity index is 3.14. The van der Waals surface area contributed by atoms with Crippen LogP contribution in [0.25, 0.3) is 0 Å². The van der Waals surface area contributed by atoms with Crippen molar-refractivity contribution in [1.29, 1.82) is 0 Å². The van der Waals surface area contributed by atoms with Gasteiger partial charge in [-0.25, -0.2) is 13.2 Å². The second kappa shape index (κ2) is 3.55. The maximum absolute atomic E-state index is 12.7. The van der Waals surface area contributed by atoms with E-state index < -0.39 is 23.0 Å². The first-order chi connectivity index (χ1) is 5.66. The standard InChI is InChI=1S/C7H7F3N2/c8-5-1-2-6(9)7(10)4(5)3-12-11/h1-2,12H,3,11H2. The highest BCUT2D eigenvalue weighted by atomic mass is 19.2. The fourth-order valence-corrected chi connectivity index (χ4v) is 0.833. The zero-order valence-electron chi connectivity index (χ0n) is 6.07. The molecule has 0 unspecified atom stereocenters. The molecule has 0 aliphatic rings. The van der Waals surface area contributed by atoms with Crippen molar-refractivity contribution in [3.63, 3.8) is 0 Å². The molecule has 0 aliphatic carbocycles. The molecule has 0 atom stereocenters. The van der Waals surface area contributed by atoms with E-state index in [1.807, 2.05) is 5.43 Å². The summed E-state index contributed by atoms with van der Waals surface area (Å²) in [4.78, 5) is 0. The van der Waals surface area contributed by atoms with E-state index in [2.05, 4.69) is 0 Å². The second-order valence-corrected chi connectivity index (χ2v) is 2.20. The smallest absolute Gasteiger partial charge is 0.166 e. The van der Waals surface area contributed by atoms with Crippen LogP contribution in [0.4, 0.5) is 13.2 Å². The van der Waals surface area contributed by atoms with Gasteiger partial charge in [-0.1, -0.05) is 0 Å². The van der Waals surface area contributed by atoms with E-state index in [0.29, 0.717) is 0 Å². The maximum Gasteiger partial charge on any atom is 0.166 e. The molecule has 0 saturated heterocycles.